The average Bonchev–Trinajstić information content (AvgIpc) is 2.72. The molecule has 0 fully saturated rings. The number of benzene rings is 2. The molecule has 2 aromatic rings. The van der Waals surface area contributed by atoms with Gasteiger partial charge in [-0.25, -0.2) is 4.79 Å². The Bertz CT molecular complexity index is 861. The number of nitrogens with zero attached hydrogens (tertiary/aromatic N) is 1. The van der Waals surface area contributed by atoms with Gasteiger partial charge in [-0.1, -0.05) is 48.6 Å². The third-order valence-corrected chi connectivity index (χ3v) is 4.28. The summed E-state index contributed by atoms with van der Waals surface area (Å²) in [5.74, 6) is 0.950. The van der Waals surface area contributed by atoms with Gasteiger partial charge in [-0.2, -0.15) is 0 Å². The van der Waals surface area contributed by atoms with Crippen molar-refractivity contribution in [2.45, 2.75) is 38.7 Å². The van der Waals surface area contributed by atoms with E-state index in [1.807, 2.05) is 81.5 Å². The Kier molecular flexibility index (Phi) is 8.48. The quantitative estimate of drug-likeness (QED) is 0.355. The minimum Gasteiger partial charge on any atom is -0.497 e. The summed E-state index contributed by atoms with van der Waals surface area (Å²) in [6, 6.07) is 17.5. The van der Waals surface area contributed by atoms with Crippen molar-refractivity contribution in [2.24, 2.45) is 0 Å². The molecule has 4 heteroatoms. The van der Waals surface area contributed by atoms with E-state index in [-0.39, 0.29) is 5.92 Å². The van der Waals surface area contributed by atoms with Crippen molar-refractivity contribution in [2.75, 3.05) is 12.0 Å². The first-order valence-electron chi connectivity index (χ1n) is 10.0. The van der Waals surface area contributed by atoms with Crippen LogP contribution >= 0.6 is 0 Å². The monoisotopic (exact) mass is 405 g/mol. The van der Waals surface area contributed by atoms with Crippen molar-refractivity contribution in [3.05, 3.63) is 97.2 Å². The number of hydrogen-bond donors (Lipinski definition) is 0. The third kappa shape index (κ3) is 7.28. The van der Waals surface area contributed by atoms with E-state index in [1.165, 1.54) is 10.5 Å². The molecule has 2 aromatic carbocycles. The highest BCUT2D eigenvalue weighted by atomic mass is 16.6. The molecule has 0 N–H and O–H groups in total. The molecule has 2 rings (SSSR count). The van der Waals surface area contributed by atoms with Gasteiger partial charge in [-0.05, 0) is 63.1 Å². The zero-order valence-corrected chi connectivity index (χ0v) is 18.2. The molecule has 1 amide bonds. The van der Waals surface area contributed by atoms with Crippen LogP contribution in [0.25, 0.3) is 0 Å². The van der Waals surface area contributed by atoms with Gasteiger partial charge in [-0.15, -0.1) is 6.58 Å². The number of allylic oxidation sites excluding steroid dienone is 4. The summed E-state index contributed by atoms with van der Waals surface area (Å²) in [4.78, 5) is 14.2. The maximum Gasteiger partial charge on any atom is 0.418 e. The maximum atomic E-state index is 12.7. The molecule has 0 aliphatic heterocycles. The van der Waals surface area contributed by atoms with Crippen molar-refractivity contribution in [3.8, 4) is 5.75 Å². The molecule has 0 aliphatic rings. The van der Waals surface area contributed by atoms with Gasteiger partial charge in [0.15, 0.2) is 0 Å². The molecule has 0 saturated carbocycles. The summed E-state index contributed by atoms with van der Waals surface area (Å²) in [5, 5.41) is 0. The van der Waals surface area contributed by atoms with Gasteiger partial charge in [0.25, 0.3) is 0 Å². The molecule has 4 nitrogen and oxygen atoms in total. The highest BCUT2D eigenvalue weighted by Crippen LogP contribution is 2.23. The highest BCUT2D eigenvalue weighted by molar-refractivity contribution is 5.90. The zero-order chi connectivity index (χ0) is 22.0. The van der Waals surface area contributed by atoms with E-state index in [1.54, 1.807) is 13.3 Å². The molecular weight excluding hydrogens is 374 g/mol. The lowest BCUT2D eigenvalue weighted by molar-refractivity contribution is 0.0596. The van der Waals surface area contributed by atoms with Gasteiger partial charge in [0.2, 0.25) is 0 Å². The lowest BCUT2D eigenvalue weighted by Gasteiger charge is -2.25. The van der Waals surface area contributed by atoms with Crippen LogP contribution in [0.1, 0.15) is 38.7 Å². The Balaban J connectivity index is 2.22. The van der Waals surface area contributed by atoms with E-state index >= 15 is 0 Å². The molecule has 0 radical (unpaired) electrons. The Hall–Kier alpha value is -3.27. The standard InChI is InChI=1S/C26H31NO3/c1-6-12-21(22-13-8-7-9-14-22)15-10-11-20-27(25(28)30-26(2,3)4)23-16-18-24(29-5)19-17-23/h6-11,13-21H,1,12H2,2-5H3/b15-10+,20-11-/t21-/m0/s1. The number of carbonyl (C=O) groups excluding carboxylic acids is 1. The Morgan fingerprint density at radius 2 is 1.73 bits per heavy atom. The van der Waals surface area contributed by atoms with Crippen molar-refractivity contribution in [3.63, 3.8) is 0 Å². The van der Waals surface area contributed by atoms with Crippen molar-refractivity contribution < 1.29 is 14.3 Å². The number of anilines is 1. The number of carbonyl (C=O) groups is 1. The third-order valence-electron chi connectivity index (χ3n) is 4.28. The van der Waals surface area contributed by atoms with Crippen molar-refractivity contribution in [1.82, 2.24) is 0 Å². The SMILES string of the molecule is C=CC[C@@H](/C=C/C=C\N(C(=O)OC(C)(C)C)c1ccc(OC)cc1)c1ccccc1. The largest absolute Gasteiger partial charge is 0.497 e. The lowest BCUT2D eigenvalue weighted by atomic mass is 9.95. The van der Waals surface area contributed by atoms with Crippen LogP contribution in [-0.4, -0.2) is 18.8 Å². The van der Waals surface area contributed by atoms with Gasteiger partial charge in [0.05, 0.1) is 12.8 Å². The van der Waals surface area contributed by atoms with E-state index in [0.29, 0.717) is 5.69 Å². The van der Waals surface area contributed by atoms with E-state index in [2.05, 4.69) is 24.8 Å². The molecule has 0 aliphatic carbocycles. The molecule has 0 bridgehead atoms. The summed E-state index contributed by atoms with van der Waals surface area (Å²) in [7, 11) is 1.61. The summed E-state index contributed by atoms with van der Waals surface area (Å²) in [5.41, 5.74) is 1.33. The van der Waals surface area contributed by atoms with E-state index in [0.717, 1.165) is 12.2 Å². The normalized spacial score (nSPS) is 12.7. The molecule has 0 unspecified atom stereocenters. The fourth-order valence-corrected chi connectivity index (χ4v) is 2.85. The maximum absolute atomic E-state index is 12.7. The smallest absolute Gasteiger partial charge is 0.418 e. The number of methoxy groups -OCH3 is 1. The molecule has 0 saturated heterocycles. The summed E-state index contributed by atoms with van der Waals surface area (Å²) < 4.78 is 10.8. The molecule has 158 valence electrons. The second-order valence-electron chi connectivity index (χ2n) is 7.82. The van der Waals surface area contributed by atoms with Gasteiger partial charge >= 0.3 is 6.09 Å². The average molecular weight is 406 g/mol. The zero-order valence-electron chi connectivity index (χ0n) is 18.2. The van der Waals surface area contributed by atoms with Crippen LogP contribution in [0.3, 0.4) is 0 Å². The fraction of sp³-hybridized carbons (Fsp3) is 0.269. The summed E-state index contributed by atoms with van der Waals surface area (Å²) in [6.45, 7) is 9.40. The van der Waals surface area contributed by atoms with Gasteiger partial charge in [-0.3, -0.25) is 4.90 Å². The first-order valence-corrected chi connectivity index (χ1v) is 10.0. The summed E-state index contributed by atoms with van der Waals surface area (Å²) >= 11 is 0. The minimum absolute atomic E-state index is 0.226. The predicted octanol–water partition coefficient (Wildman–Crippen LogP) is 6.87. The van der Waals surface area contributed by atoms with Crippen LogP contribution in [-0.2, 0) is 4.74 Å². The van der Waals surface area contributed by atoms with Crippen LogP contribution in [0.5, 0.6) is 5.75 Å². The van der Waals surface area contributed by atoms with E-state index in [9.17, 15) is 4.79 Å². The number of amides is 1. The molecule has 1 atom stereocenters. The first-order chi connectivity index (χ1) is 14.3. The van der Waals surface area contributed by atoms with Crippen LogP contribution in [0.15, 0.2) is 91.7 Å². The Morgan fingerprint density at radius 1 is 1.07 bits per heavy atom. The lowest BCUT2D eigenvalue weighted by Crippen LogP contribution is -2.33. The fourth-order valence-electron chi connectivity index (χ4n) is 2.85. The number of rotatable bonds is 8. The van der Waals surface area contributed by atoms with Crippen LogP contribution in [0.2, 0.25) is 0 Å². The minimum atomic E-state index is -0.589. The van der Waals surface area contributed by atoms with Gasteiger partial charge < -0.3 is 9.47 Å². The molecule has 0 spiro atoms. The van der Waals surface area contributed by atoms with Crippen molar-refractivity contribution in [1.29, 1.82) is 0 Å². The topological polar surface area (TPSA) is 38.8 Å². The Morgan fingerprint density at radius 3 is 2.30 bits per heavy atom. The predicted molar refractivity (Wildman–Crippen MR) is 124 cm³/mol. The van der Waals surface area contributed by atoms with Gasteiger partial charge in [0.1, 0.15) is 11.4 Å². The molecule has 0 aromatic heterocycles. The van der Waals surface area contributed by atoms with E-state index in [4.69, 9.17) is 9.47 Å². The second kappa shape index (κ2) is 11.1. The highest BCUT2D eigenvalue weighted by Gasteiger charge is 2.22. The van der Waals surface area contributed by atoms with Crippen LogP contribution < -0.4 is 9.64 Å². The van der Waals surface area contributed by atoms with Gasteiger partial charge in [0, 0.05) is 12.1 Å². The first kappa shape index (κ1) is 23.0. The molecule has 30 heavy (non-hydrogen) atoms. The molecular formula is C26H31NO3. The van der Waals surface area contributed by atoms with Crippen molar-refractivity contribution >= 4 is 11.8 Å². The number of ether oxygens (including phenoxy) is 2. The molecule has 0 heterocycles. The van der Waals surface area contributed by atoms with Crippen LogP contribution in [0, 0.1) is 0 Å². The summed E-state index contributed by atoms with van der Waals surface area (Å²) in [6.07, 6.45) is 9.91. The second-order valence-corrected chi connectivity index (χ2v) is 7.82. The van der Waals surface area contributed by atoms with Crippen LogP contribution in [0.4, 0.5) is 10.5 Å². The van der Waals surface area contributed by atoms with E-state index < -0.39 is 11.7 Å². The number of hydrogen-bond acceptors (Lipinski definition) is 3. The Labute approximate surface area is 180 Å².